The summed E-state index contributed by atoms with van der Waals surface area (Å²) in [6, 6.07) is 6.67. The summed E-state index contributed by atoms with van der Waals surface area (Å²) in [6.07, 6.45) is 4.30. The van der Waals surface area contributed by atoms with Crippen LogP contribution in [0.3, 0.4) is 0 Å². The fraction of sp³-hybridized carbons (Fsp3) is 0.522. The van der Waals surface area contributed by atoms with Gasteiger partial charge in [0.1, 0.15) is 11.5 Å². The maximum absolute atomic E-state index is 13.7. The Hall–Kier alpha value is -2.18. The lowest BCUT2D eigenvalue weighted by atomic mass is 9.95. The molecular formula is C23H30FN3O2. The molecule has 29 heavy (non-hydrogen) atoms. The first-order chi connectivity index (χ1) is 14.1. The second-order valence-corrected chi connectivity index (χ2v) is 8.03. The van der Waals surface area contributed by atoms with Crippen LogP contribution in [0.15, 0.2) is 24.3 Å². The lowest BCUT2D eigenvalue weighted by molar-refractivity contribution is 0.0383. The van der Waals surface area contributed by atoms with Crippen molar-refractivity contribution in [1.82, 2.24) is 14.8 Å². The second kappa shape index (κ2) is 9.09. The summed E-state index contributed by atoms with van der Waals surface area (Å²) in [4.78, 5) is 15.5. The van der Waals surface area contributed by atoms with E-state index >= 15 is 0 Å². The third-order valence-electron chi connectivity index (χ3n) is 6.10. The number of nitrogens with zero attached hydrogens (tertiary/aromatic N) is 2. The molecule has 1 amide bonds. The van der Waals surface area contributed by atoms with E-state index in [1.54, 1.807) is 12.1 Å². The molecule has 1 N–H and O–H groups in total. The van der Waals surface area contributed by atoms with Crippen molar-refractivity contribution < 1.29 is 13.9 Å². The number of rotatable bonds is 6. The van der Waals surface area contributed by atoms with Gasteiger partial charge in [0.05, 0.1) is 13.2 Å². The molecule has 0 saturated carbocycles. The molecule has 0 unspecified atom stereocenters. The Morgan fingerprint density at radius 1 is 1.21 bits per heavy atom. The van der Waals surface area contributed by atoms with Gasteiger partial charge in [-0.3, -0.25) is 9.69 Å². The van der Waals surface area contributed by atoms with Gasteiger partial charge in [-0.15, -0.1) is 0 Å². The number of carbonyl (C=O) groups is 1. The highest BCUT2D eigenvalue weighted by molar-refractivity contribution is 5.95. The van der Waals surface area contributed by atoms with Gasteiger partial charge >= 0.3 is 0 Å². The topological polar surface area (TPSA) is 46.5 Å². The van der Waals surface area contributed by atoms with Crippen LogP contribution in [0.2, 0.25) is 0 Å². The average molecular weight is 400 g/mol. The van der Waals surface area contributed by atoms with E-state index in [2.05, 4.69) is 21.7 Å². The Morgan fingerprint density at radius 3 is 2.79 bits per heavy atom. The van der Waals surface area contributed by atoms with Crippen molar-refractivity contribution in [3.05, 3.63) is 58.2 Å². The Kier molecular flexibility index (Phi) is 6.31. The van der Waals surface area contributed by atoms with Crippen LogP contribution in [0.4, 0.5) is 4.39 Å². The molecule has 2 aromatic rings. The molecule has 0 bridgehead atoms. The van der Waals surface area contributed by atoms with E-state index in [0.29, 0.717) is 13.1 Å². The van der Waals surface area contributed by atoms with Crippen LogP contribution in [0.1, 0.15) is 45.7 Å². The third-order valence-corrected chi connectivity index (χ3v) is 6.10. The molecule has 5 nitrogen and oxygen atoms in total. The fourth-order valence-corrected chi connectivity index (χ4v) is 4.59. The van der Waals surface area contributed by atoms with Crippen LogP contribution < -0.4 is 5.32 Å². The van der Waals surface area contributed by atoms with Crippen molar-refractivity contribution in [1.29, 1.82) is 0 Å². The van der Waals surface area contributed by atoms with Crippen LogP contribution in [0, 0.1) is 12.7 Å². The van der Waals surface area contributed by atoms with Crippen molar-refractivity contribution in [2.45, 2.75) is 39.2 Å². The lowest BCUT2D eigenvalue weighted by Crippen LogP contribution is -2.41. The first-order valence-electron chi connectivity index (χ1n) is 10.7. The molecule has 2 aliphatic rings. The largest absolute Gasteiger partial charge is 0.379 e. The zero-order valence-corrected chi connectivity index (χ0v) is 17.2. The number of ether oxygens (including phenoxy) is 1. The fourth-order valence-electron chi connectivity index (χ4n) is 4.59. The number of fused-ring (bicyclic) bond motifs is 1. The Morgan fingerprint density at radius 2 is 2.00 bits per heavy atom. The van der Waals surface area contributed by atoms with E-state index in [4.69, 9.17) is 4.74 Å². The second-order valence-electron chi connectivity index (χ2n) is 8.03. The number of halogens is 1. The minimum Gasteiger partial charge on any atom is -0.379 e. The third kappa shape index (κ3) is 4.54. The first-order valence-corrected chi connectivity index (χ1v) is 10.7. The van der Waals surface area contributed by atoms with Crippen LogP contribution >= 0.6 is 0 Å². The molecule has 1 aliphatic carbocycles. The summed E-state index contributed by atoms with van der Waals surface area (Å²) in [5.74, 6) is -0.265. The first kappa shape index (κ1) is 20.1. The van der Waals surface area contributed by atoms with Crippen molar-refractivity contribution >= 4 is 5.91 Å². The molecule has 6 heteroatoms. The van der Waals surface area contributed by atoms with E-state index in [1.807, 2.05) is 6.07 Å². The van der Waals surface area contributed by atoms with Crippen molar-refractivity contribution in [3.63, 3.8) is 0 Å². The monoisotopic (exact) mass is 399 g/mol. The van der Waals surface area contributed by atoms with Gasteiger partial charge < -0.3 is 14.6 Å². The van der Waals surface area contributed by atoms with Gasteiger partial charge in [-0.25, -0.2) is 4.39 Å². The van der Waals surface area contributed by atoms with Gasteiger partial charge in [0.25, 0.3) is 5.91 Å². The number of aromatic nitrogens is 1. The summed E-state index contributed by atoms with van der Waals surface area (Å²) >= 11 is 0. The molecule has 1 aromatic heterocycles. The number of morpholine rings is 1. The average Bonchev–Trinajstić information content (AvgIpc) is 3.01. The highest BCUT2D eigenvalue weighted by atomic mass is 19.1. The molecule has 1 saturated heterocycles. The van der Waals surface area contributed by atoms with E-state index in [1.165, 1.54) is 17.3 Å². The predicted molar refractivity (Wildman–Crippen MR) is 111 cm³/mol. The van der Waals surface area contributed by atoms with Crippen LogP contribution in [0.5, 0.6) is 0 Å². The minimum atomic E-state index is -0.239. The molecule has 0 radical (unpaired) electrons. The number of hydrogen-bond donors (Lipinski definition) is 1. The minimum absolute atomic E-state index is 0.0263. The van der Waals surface area contributed by atoms with Gasteiger partial charge in [-0.05, 0) is 61.4 Å². The molecule has 0 atom stereocenters. The molecule has 1 aliphatic heterocycles. The van der Waals surface area contributed by atoms with E-state index in [9.17, 15) is 9.18 Å². The summed E-state index contributed by atoms with van der Waals surface area (Å²) in [6.45, 7) is 7.39. The molecule has 156 valence electrons. The molecule has 1 aromatic carbocycles. The van der Waals surface area contributed by atoms with Gasteiger partial charge in [0.2, 0.25) is 0 Å². The van der Waals surface area contributed by atoms with Crippen LogP contribution in [-0.4, -0.2) is 54.8 Å². The number of carbonyl (C=O) groups excluding carboxylic acids is 1. The molecule has 2 heterocycles. The van der Waals surface area contributed by atoms with Crippen molar-refractivity contribution in [3.8, 4) is 0 Å². The Bertz CT molecular complexity index is 871. The maximum Gasteiger partial charge on any atom is 0.268 e. The quantitative estimate of drug-likeness (QED) is 0.813. The summed E-state index contributed by atoms with van der Waals surface area (Å²) in [5.41, 5.74) is 5.26. The van der Waals surface area contributed by atoms with Gasteiger partial charge in [-0.2, -0.15) is 0 Å². The number of benzene rings is 1. The zero-order valence-electron chi connectivity index (χ0n) is 17.2. The summed E-state index contributed by atoms with van der Waals surface area (Å²) < 4.78 is 21.2. The molecule has 4 rings (SSSR count). The maximum atomic E-state index is 13.7. The van der Waals surface area contributed by atoms with E-state index in [0.717, 1.165) is 75.4 Å². The lowest BCUT2D eigenvalue weighted by Gasteiger charge is -2.26. The standard InChI is InChI=1S/C23H30FN3O2/c1-17-20-7-2-3-8-21(20)27(16-18-5-4-6-19(24)15-18)22(17)23(28)25-9-10-26-11-13-29-14-12-26/h4-6,15H,2-3,7-14,16H2,1H3,(H,25,28). The summed E-state index contributed by atoms with van der Waals surface area (Å²) in [5, 5.41) is 3.12. The molecule has 1 fully saturated rings. The van der Waals surface area contributed by atoms with Crippen molar-refractivity contribution in [2.75, 3.05) is 39.4 Å². The van der Waals surface area contributed by atoms with Crippen LogP contribution in [0.25, 0.3) is 0 Å². The number of amides is 1. The highest BCUT2D eigenvalue weighted by Gasteiger charge is 2.26. The number of hydrogen-bond acceptors (Lipinski definition) is 3. The zero-order chi connectivity index (χ0) is 20.2. The SMILES string of the molecule is Cc1c2c(n(Cc3cccc(F)c3)c1C(=O)NCCN1CCOCC1)CCCC2. The van der Waals surface area contributed by atoms with Gasteiger partial charge in [-0.1, -0.05) is 12.1 Å². The van der Waals surface area contributed by atoms with Gasteiger partial charge in [0, 0.05) is 38.4 Å². The Balaban J connectivity index is 1.54. The normalized spacial score (nSPS) is 17.2. The predicted octanol–water partition coefficient (Wildman–Crippen LogP) is 2.92. The van der Waals surface area contributed by atoms with Crippen molar-refractivity contribution in [2.24, 2.45) is 0 Å². The van der Waals surface area contributed by atoms with Crippen LogP contribution in [-0.2, 0) is 24.1 Å². The highest BCUT2D eigenvalue weighted by Crippen LogP contribution is 2.30. The van der Waals surface area contributed by atoms with Gasteiger partial charge in [0.15, 0.2) is 0 Å². The summed E-state index contributed by atoms with van der Waals surface area (Å²) in [7, 11) is 0. The smallest absolute Gasteiger partial charge is 0.268 e. The van der Waals surface area contributed by atoms with E-state index in [-0.39, 0.29) is 11.7 Å². The molecular weight excluding hydrogens is 369 g/mol. The number of nitrogens with one attached hydrogen (secondary N) is 1. The van der Waals surface area contributed by atoms with E-state index < -0.39 is 0 Å². The Labute approximate surface area is 171 Å². The molecule has 0 spiro atoms.